The number of pyridine rings is 1. The van der Waals surface area contributed by atoms with Crippen molar-refractivity contribution in [3.63, 3.8) is 0 Å². The SMILES string of the molecule is C=C/C=C(C=C)/C1=N/C=C/CC(CNC2CCCc3cnccc32)/C=C/N=C\1CCCCC(O)O. The first kappa shape index (κ1) is 26.7. The largest absolute Gasteiger partial charge is 0.368 e. The van der Waals surface area contributed by atoms with Crippen molar-refractivity contribution >= 4 is 11.4 Å². The van der Waals surface area contributed by atoms with Crippen LogP contribution in [0.1, 0.15) is 62.1 Å². The van der Waals surface area contributed by atoms with Gasteiger partial charge >= 0.3 is 0 Å². The Hall–Kier alpha value is -2.93. The van der Waals surface area contributed by atoms with Crippen LogP contribution >= 0.6 is 0 Å². The van der Waals surface area contributed by atoms with Gasteiger partial charge in [-0.15, -0.1) is 0 Å². The smallest absolute Gasteiger partial charge is 0.151 e. The highest BCUT2D eigenvalue weighted by Gasteiger charge is 2.20. The molecule has 2 unspecified atom stereocenters. The second-order valence-corrected chi connectivity index (χ2v) is 8.99. The molecule has 0 saturated carbocycles. The second kappa shape index (κ2) is 14.5. The van der Waals surface area contributed by atoms with E-state index in [1.165, 1.54) is 17.5 Å². The zero-order valence-corrected chi connectivity index (χ0v) is 20.5. The van der Waals surface area contributed by atoms with E-state index < -0.39 is 6.29 Å². The summed E-state index contributed by atoms with van der Waals surface area (Å²) in [6.07, 6.45) is 22.8. The van der Waals surface area contributed by atoms with Crippen LogP contribution in [-0.4, -0.2) is 39.5 Å². The van der Waals surface area contributed by atoms with Gasteiger partial charge in [0.25, 0.3) is 0 Å². The third kappa shape index (κ3) is 8.35. The van der Waals surface area contributed by atoms with Crippen LogP contribution in [0.25, 0.3) is 0 Å². The lowest BCUT2D eigenvalue weighted by Crippen LogP contribution is -2.29. The number of hydrogen-bond donors (Lipinski definition) is 3. The summed E-state index contributed by atoms with van der Waals surface area (Å²) in [5.74, 6) is 0.298. The number of hydrogen-bond acceptors (Lipinski definition) is 6. The van der Waals surface area contributed by atoms with Gasteiger partial charge in [0, 0.05) is 43.0 Å². The van der Waals surface area contributed by atoms with Gasteiger partial charge in [-0.2, -0.15) is 0 Å². The maximum atomic E-state index is 9.16. The molecular formula is C29H38N4O2. The Morgan fingerprint density at radius 3 is 2.89 bits per heavy atom. The van der Waals surface area contributed by atoms with Gasteiger partial charge in [-0.05, 0) is 74.5 Å². The molecule has 35 heavy (non-hydrogen) atoms. The Morgan fingerprint density at radius 1 is 1.20 bits per heavy atom. The molecule has 186 valence electrons. The number of nitrogens with one attached hydrogen (secondary N) is 1. The van der Waals surface area contributed by atoms with Crippen LogP contribution < -0.4 is 5.32 Å². The Morgan fingerprint density at radius 2 is 2.09 bits per heavy atom. The van der Waals surface area contributed by atoms with Crippen LogP contribution in [0.15, 0.2) is 90.0 Å². The van der Waals surface area contributed by atoms with Crippen LogP contribution in [0.4, 0.5) is 0 Å². The lowest BCUT2D eigenvalue weighted by molar-refractivity contribution is -0.0464. The predicted octanol–water partition coefficient (Wildman–Crippen LogP) is 5.15. The molecule has 0 aromatic carbocycles. The molecule has 6 nitrogen and oxygen atoms in total. The number of aliphatic imine (C=N–C) groups is 2. The maximum Gasteiger partial charge on any atom is 0.151 e. The average Bonchev–Trinajstić information content (AvgIpc) is 2.87. The number of aliphatic hydroxyl groups excluding tert-OH is 1. The molecule has 0 spiro atoms. The van der Waals surface area contributed by atoms with Gasteiger partial charge in [0.05, 0.1) is 11.4 Å². The van der Waals surface area contributed by atoms with Crippen LogP contribution in [0.5, 0.6) is 0 Å². The molecule has 0 fully saturated rings. The fourth-order valence-corrected chi connectivity index (χ4v) is 4.54. The number of fused-ring (bicyclic) bond motifs is 1. The van der Waals surface area contributed by atoms with E-state index >= 15 is 0 Å². The zero-order chi connectivity index (χ0) is 24.9. The molecule has 2 aliphatic rings. The van der Waals surface area contributed by atoms with E-state index in [2.05, 4.69) is 41.7 Å². The highest BCUT2D eigenvalue weighted by molar-refractivity contribution is 6.49. The van der Waals surface area contributed by atoms with Crippen molar-refractivity contribution in [2.45, 2.75) is 63.7 Å². The second-order valence-electron chi connectivity index (χ2n) is 8.99. The van der Waals surface area contributed by atoms with Crippen molar-refractivity contribution in [3.8, 4) is 0 Å². The molecule has 0 amide bonds. The third-order valence-electron chi connectivity index (χ3n) is 6.41. The number of aromatic nitrogens is 1. The standard InChI is InChI=1S/C29H38N4O2/c1-3-9-23(4-2)29-27(12-5-6-14-28(34)35)31-19-15-22(10-8-17-32-29)20-33-26-13-7-11-24-21-30-18-16-25(24)26/h3-4,8-9,15-19,21-22,26,28,33-35H,1-2,5-7,10-14,20H2/b17-8+,19-15+,23-9+,31-27-,32-29-. The molecule has 1 aromatic heterocycles. The predicted molar refractivity (Wildman–Crippen MR) is 144 cm³/mol. The van der Waals surface area contributed by atoms with Crippen molar-refractivity contribution in [3.05, 3.63) is 91.1 Å². The van der Waals surface area contributed by atoms with Crippen LogP contribution in [0, 0.1) is 5.92 Å². The topological polar surface area (TPSA) is 90.1 Å². The fourth-order valence-electron chi connectivity index (χ4n) is 4.54. The number of nitrogens with zero attached hydrogens (tertiary/aromatic N) is 3. The summed E-state index contributed by atoms with van der Waals surface area (Å²) >= 11 is 0. The summed E-state index contributed by atoms with van der Waals surface area (Å²) in [4.78, 5) is 13.8. The lowest BCUT2D eigenvalue weighted by Gasteiger charge is -2.27. The lowest BCUT2D eigenvalue weighted by atomic mass is 9.88. The van der Waals surface area contributed by atoms with Gasteiger partial charge in [-0.1, -0.05) is 43.5 Å². The van der Waals surface area contributed by atoms with Gasteiger partial charge in [0.1, 0.15) is 0 Å². The molecule has 1 aliphatic heterocycles. The van der Waals surface area contributed by atoms with Gasteiger partial charge in [-0.3, -0.25) is 15.0 Å². The van der Waals surface area contributed by atoms with Crippen molar-refractivity contribution in [1.82, 2.24) is 10.3 Å². The highest BCUT2D eigenvalue weighted by atomic mass is 16.5. The molecule has 0 bridgehead atoms. The van der Waals surface area contributed by atoms with E-state index in [-0.39, 0.29) is 0 Å². The molecule has 3 rings (SSSR count). The molecule has 2 heterocycles. The number of aryl methyl sites for hydroxylation is 1. The number of aliphatic hydroxyl groups is 2. The number of allylic oxidation sites excluding steroid dienone is 5. The van der Waals surface area contributed by atoms with Gasteiger partial charge in [0.2, 0.25) is 0 Å². The van der Waals surface area contributed by atoms with Crippen LogP contribution in [0.2, 0.25) is 0 Å². The molecule has 1 aromatic rings. The number of rotatable bonds is 11. The summed E-state index contributed by atoms with van der Waals surface area (Å²) in [5.41, 5.74) is 5.22. The number of unbranched alkanes of at least 4 members (excludes halogenated alkanes) is 1. The average molecular weight is 475 g/mol. The molecule has 0 saturated heterocycles. The van der Waals surface area contributed by atoms with E-state index in [0.717, 1.165) is 49.2 Å². The fraction of sp³-hybridized carbons (Fsp3) is 0.414. The maximum absolute atomic E-state index is 9.16. The Balaban J connectivity index is 1.73. The molecule has 2 atom stereocenters. The first-order valence-electron chi connectivity index (χ1n) is 12.6. The van der Waals surface area contributed by atoms with Crippen LogP contribution in [-0.2, 0) is 6.42 Å². The minimum absolute atomic E-state index is 0.298. The molecule has 1 aliphatic carbocycles. The van der Waals surface area contributed by atoms with E-state index in [0.29, 0.717) is 31.2 Å². The summed E-state index contributed by atoms with van der Waals surface area (Å²) < 4.78 is 0. The quantitative estimate of drug-likeness (QED) is 0.235. The Bertz CT molecular complexity index is 1000. The van der Waals surface area contributed by atoms with Crippen molar-refractivity contribution in [2.24, 2.45) is 15.9 Å². The van der Waals surface area contributed by atoms with Gasteiger partial charge < -0.3 is 15.5 Å². The molecule has 3 N–H and O–H groups in total. The minimum atomic E-state index is -1.28. The zero-order valence-electron chi connectivity index (χ0n) is 20.5. The first-order chi connectivity index (χ1) is 17.1. The minimum Gasteiger partial charge on any atom is -0.368 e. The molecule has 0 radical (unpaired) electrons. The van der Waals surface area contributed by atoms with E-state index in [1.807, 2.05) is 30.9 Å². The van der Waals surface area contributed by atoms with E-state index in [9.17, 15) is 0 Å². The summed E-state index contributed by atoms with van der Waals surface area (Å²) in [6, 6.07) is 2.51. The van der Waals surface area contributed by atoms with Crippen LogP contribution in [0.3, 0.4) is 0 Å². The van der Waals surface area contributed by atoms with E-state index in [1.54, 1.807) is 12.2 Å². The summed E-state index contributed by atoms with van der Waals surface area (Å²) in [5, 5.41) is 22.1. The van der Waals surface area contributed by atoms with Crippen molar-refractivity contribution < 1.29 is 10.2 Å². The monoisotopic (exact) mass is 474 g/mol. The Labute approximate surface area is 209 Å². The van der Waals surface area contributed by atoms with E-state index in [4.69, 9.17) is 20.2 Å². The highest BCUT2D eigenvalue weighted by Crippen LogP contribution is 2.29. The molecule has 6 heteroatoms. The van der Waals surface area contributed by atoms with Crippen molar-refractivity contribution in [2.75, 3.05) is 6.54 Å². The Kier molecular flexibility index (Phi) is 11.0. The van der Waals surface area contributed by atoms with Gasteiger partial charge in [-0.25, -0.2) is 0 Å². The first-order valence-corrected chi connectivity index (χ1v) is 12.6. The summed E-state index contributed by atoms with van der Waals surface area (Å²) in [6.45, 7) is 8.59. The normalized spacial score (nSPS) is 25.5. The van der Waals surface area contributed by atoms with Gasteiger partial charge in [0.15, 0.2) is 6.29 Å². The third-order valence-corrected chi connectivity index (χ3v) is 6.41. The van der Waals surface area contributed by atoms with Crippen molar-refractivity contribution in [1.29, 1.82) is 0 Å². The summed E-state index contributed by atoms with van der Waals surface area (Å²) in [7, 11) is 0. The molecular weight excluding hydrogens is 436 g/mol.